The second-order valence-corrected chi connectivity index (χ2v) is 6.88. The van der Waals surface area contributed by atoms with Crippen LogP contribution in [0.4, 0.5) is 0 Å². The summed E-state index contributed by atoms with van der Waals surface area (Å²) in [5, 5.41) is 3.62. The van der Waals surface area contributed by atoms with Gasteiger partial charge in [0.2, 0.25) is 5.91 Å². The quantitative estimate of drug-likeness (QED) is 0.767. The second kappa shape index (κ2) is 8.84. The van der Waals surface area contributed by atoms with E-state index in [0.717, 1.165) is 12.1 Å². The Morgan fingerprint density at radius 1 is 1.04 bits per heavy atom. The number of hydrogen-bond acceptors (Lipinski definition) is 1. The average molecular weight is 356 g/mol. The molecule has 1 aliphatic heterocycles. The van der Waals surface area contributed by atoms with Crippen molar-refractivity contribution < 1.29 is 9.69 Å². The molecule has 2 N–H and O–H groups in total. The molecule has 1 saturated heterocycles. The van der Waals surface area contributed by atoms with Gasteiger partial charge in [0.15, 0.2) is 0 Å². The van der Waals surface area contributed by atoms with Crippen molar-refractivity contribution in [2.24, 2.45) is 0 Å². The Morgan fingerprint density at radius 2 is 1.72 bits per heavy atom. The monoisotopic (exact) mass is 355 g/mol. The van der Waals surface area contributed by atoms with Gasteiger partial charge < -0.3 is 10.2 Å². The molecule has 1 aliphatic rings. The van der Waals surface area contributed by atoms with Gasteiger partial charge >= 0.3 is 0 Å². The zero-order valence-electron chi connectivity index (χ0n) is 14.3. The van der Waals surface area contributed by atoms with Gasteiger partial charge in [-0.1, -0.05) is 54.1 Å². The van der Waals surface area contributed by atoms with Crippen LogP contribution < -0.4 is 10.2 Å². The maximum absolute atomic E-state index is 12.1. The number of hydrogen-bond donors (Lipinski definition) is 2. The van der Waals surface area contributed by atoms with E-state index in [9.17, 15) is 4.79 Å². The summed E-state index contributed by atoms with van der Waals surface area (Å²) in [5.41, 5.74) is 3.37. The standard InChI is InChI=1S/C21H23ClN2O/c22-20-10-4-3-7-17(20)11-12-21(25)23-15-18-8-1-2-9-19(18)16-24-13-5-6-14-24/h1-4,7-12H,5-6,13-16H2,(H,23,25)/p+1/b12-11+. The van der Waals surface area contributed by atoms with Gasteiger partial charge in [-0.15, -0.1) is 0 Å². The van der Waals surface area contributed by atoms with Crippen molar-refractivity contribution in [2.75, 3.05) is 13.1 Å². The normalized spacial score (nSPS) is 14.9. The van der Waals surface area contributed by atoms with Crippen LogP contribution in [-0.2, 0) is 17.9 Å². The van der Waals surface area contributed by atoms with Crippen molar-refractivity contribution in [3.8, 4) is 0 Å². The summed E-state index contributed by atoms with van der Waals surface area (Å²) in [7, 11) is 0. The molecule has 0 aromatic heterocycles. The molecule has 2 aromatic rings. The van der Waals surface area contributed by atoms with Gasteiger partial charge in [0, 0.05) is 36.0 Å². The third-order valence-electron chi connectivity index (χ3n) is 4.64. The van der Waals surface area contributed by atoms with E-state index in [1.807, 2.05) is 30.3 Å². The third kappa shape index (κ3) is 5.18. The summed E-state index contributed by atoms with van der Waals surface area (Å²) in [4.78, 5) is 13.7. The van der Waals surface area contributed by atoms with E-state index in [4.69, 9.17) is 11.6 Å². The largest absolute Gasteiger partial charge is 0.348 e. The number of carbonyl (C=O) groups excluding carboxylic acids is 1. The lowest BCUT2D eigenvalue weighted by Gasteiger charge is -2.15. The van der Waals surface area contributed by atoms with E-state index in [2.05, 4.69) is 23.5 Å². The molecule has 130 valence electrons. The fourth-order valence-electron chi connectivity index (χ4n) is 3.24. The fraction of sp³-hybridized carbons (Fsp3) is 0.286. The minimum Gasteiger partial charge on any atom is -0.348 e. The molecule has 0 aliphatic carbocycles. The molecule has 1 fully saturated rings. The van der Waals surface area contributed by atoms with E-state index in [1.165, 1.54) is 43.1 Å². The van der Waals surface area contributed by atoms with Crippen LogP contribution in [0.2, 0.25) is 5.02 Å². The van der Waals surface area contributed by atoms with E-state index < -0.39 is 0 Å². The molecule has 1 amide bonds. The molecule has 0 saturated carbocycles. The minimum atomic E-state index is -0.108. The molecule has 0 radical (unpaired) electrons. The third-order valence-corrected chi connectivity index (χ3v) is 4.99. The maximum Gasteiger partial charge on any atom is 0.244 e. The van der Waals surface area contributed by atoms with Crippen molar-refractivity contribution in [3.63, 3.8) is 0 Å². The minimum absolute atomic E-state index is 0.108. The smallest absolute Gasteiger partial charge is 0.244 e. The number of halogens is 1. The predicted octanol–water partition coefficient (Wildman–Crippen LogP) is 2.85. The number of likely N-dealkylation sites (tertiary alicyclic amines) is 1. The average Bonchev–Trinajstić information content (AvgIpc) is 3.13. The van der Waals surface area contributed by atoms with Crippen molar-refractivity contribution in [1.29, 1.82) is 0 Å². The lowest BCUT2D eigenvalue weighted by Crippen LogP contribution is -3.08. The number of rotatable bonds is 6. The topological polar surface area (TPSA) is 33.5 Å². The van der Waals surface area contributed by atoms with Crippen molar-refractivity contribution >= 4 is 23.6 Å². The van der Waals surface area contributed by atoms with Crippen LogP contribution in [0.1, 0.15) is 29.5 Å². The molecule has 1 heterocycles. The van der Waals surface area contributed by atoms with Crippen LogP contribution in [0, 0.1) is 0 Å². The number of quaternary nitrogens is 1. The maximum atomic E-state index is 12.1. The van der Waals surface area contributed by atoms with Gasteiger partial charge in [0.1, 0.15) is 6.54 Å². The molecule has 0 unspecified atom stereocenters. The van der Waals surface area contributed by atoms with Gasteiger partial charge in [0.25, 0.3) is 0 Å². The van der Waals surface area contributed by atoms with Gasteiger partial charge in [-0.25, -0.2) is 0 Å². The molecule has 25 heavy (non-hydrogen) atoms. The lowest BCUT2D eigenvalue weighted by atomic mass is 10.1. The SMILES string of the molecule is O=C(/C=C/c1ccccc1Cl)NCc1ccccc1C[NH+]1CCCC1. The van der Waals surface area contributed by atoms with Crippen LogP contribution in [0.5, 0.6) is 0 Å². The fourth-order valence-corrected chi connectivity index (χ4v) is 3.44. The molecule has 3 nitrogen and oxygen atoms in total. The Morgan fingerprint density at radius 3 is 2.48 bits per heavy atom. The van der Waals surface area contributed by atoms with Gasteiger partial charge in [0.05, 0.1) is 13.1 Å². The molecule has 4 heteroatoms. The van der Waals surface area contributed by atoms with Crippen molar-refractivity contribution in [2.45, 2.75) is 25.9 Å². The number of amides is 1. The molecule has 0 atom stereocenters. The first-order chi connectivity index (χ1) is 12.2. The number of benzene rings is 2. The Hall–Kier alpha value is -2.10. The van der Waals surface area contributed by atoms with Crippen LogP contribution in [0.15, 0.2) is 54.6 Å². The highest BCUT2D eigenvalue weighted by Gasteiger charge is 2.17. The van der Waals surface area contributed by atoms with E-state index in [1.54, 1.807) is 11.0 Å². The summed E-state index contributed by atoms with van der Waals surface area (Å²) >= 11 is 6.10. The zero-order chi connectivity index (χ0) is 17.5. The highest BCUT2D eigenvalue weighted by atomic mass is 35.5. The molecule has 2 aromatic carbocycles. The van der Waals surface area contributed by atoms with Gasteiger partial charge in [-0.3, -0.25) is 4.79 Å². The van der Waals surface area contributed by atoms with Crippen molar-refractivity contribution in [1.82, 2.24) is 5.32 Å². The van der Waals surface area contributed by atoms with Gasteiger partial charge in [-0.05, 0) is 23.3 Å². The van der Waals surface area contributed by atoms with Gasteiger partial charge in [-0.2, -0.15) is 0 Å². The second-order valence-electron chi connectivity index (χ2n) is 6.48. The van der Waals surface area contributed by atoms with Crippen LogP contribution in [0.3, 0.4) is 0 Å². The molecule has 0 spiro atoms. The van der Waals surface area contributed by atoms with Crippen LogP contribution in [0.25, 0.3) is 6.08 Å². The molecule has 3 rings (SSSR count). The summed E-state index contributed by atoms with van der Waals surface area (Å²) in [5.74, 6) is -0.108. The van der Waals surface area contributed by atoms with E-state index in [-0.39, 0.29) is 5.91 Å². The first-order valence-corrected chi connectivity index (χ1v) is 9.21. The summed E-state index contributed by atoms with van der Waals surface area (Å²) < 4.78 is 0. The summed E-state index contributed by atoms with van der Waals surface area (Å²) in [6, 6.07) is 15.9. The van der Waals surface area contributed by atoms with Crippen LogP contribution in [-0.4, -0.2) is 19.0 Å². The van der Waals surface area contributed by atoms with E-state index in [0.29, 0.717) is 11.6 Å². The molecular formula is C21H24ClN2O+. The Balaban J connectivity index is 1.57. The zero-order valence-corrected chi connectivity index (χ0v) is 15.1. The van der Waals surface area contributed by atoms with Crippen molar-refractivity contribution in [3.05, 3.63) is 76.3 Å². The Bertz CT molecular complexity index is 751. The predicted molar refractivity (Wildman–Crippen MR) is 102 cm³/mol. The summed E-state index contributed by atoms with van der Waals surface area (Å²) in [6.45, 7) is 4.10. The first kappa shape index (κ1) is 17.7. The number of carbonyl (C=O) groups is 1. The molecule has 0 bridgehead atoms. The van der Waals surface area contributed by atoms with Crippen LogP contribution >= 0.6 is 11.6 Å². The lowest BCUT2D eigenvalue weighted by molar-refractivity contribution is -0.901. The first-order valence-electron chi connectivity index (χ1n) is 8.83. The Labute approximate surface area is 154 Å². The Kier molecular flexibility index (Phi) is 6.26. The highest BCUT2D eigenvalue weighted by Crippen LogP contribution is 2.16. The number of nitrogens with one attached hydrogen (secondary N) is 2. The summed E-state index contributed by atoms with van der Waals surface area (Å²) in [6.07, 6.45) is 5.93. The van der Waals surface area contributed by atoms with E-state index >= 15 is 0 Å². The highest BCUT2D eigenvalue weighted by molar-refractivity contribution is 6.32. The molecular weight excluding hydrogens is 332 g/mol.